The Hall–Kier alpha value is -1.04. The molecule has 4 rings (SSSR count). The van der Waals surface area contributed by atoms with Crippen molar-refractivity contribution >= 4 is 12.6 Å². The molecule has 136 valence electrons. The van der Waals surface area contributed by atoms with Gasteiger partial charge >= 0.3 is 7.12 Å². The SMILES string of the molecule is CN1[C@@H]2CC[C@H]1C[C@@H](Oc1ccc(B3OC(C)(C)C(C)(C)O3)cc1)C2. The van der Waals surface area contributed by atoms with Gasteiger partial charge in [-0.05, 0) is 78.0 Å². The third kappa shape index (κ3) is 3.11. The summed E-state index contributed by atoms with van der Waals surface area (Å²) < 4.78 is 18.5. The van der Waals surface area contributed by atoms with E-state index in [0.29, 0.717) is 18.2 Å². The standard InChI is InChI=1S/C20H30BNO3/c1-19(2)20(3,4)25-21(24-19)14-6-10-17(11-7-14)23-18-12-15-8-9-16(13-18)22(15)5/h6-7,10-11,15-16,18H,8-9,12-13H2,1-5H3/t15-,16+,18+. The lowest BCUT2D eigenvalue weighted by Gasteiger charge is -2.36. The van der Waals surface area contributed by atoms with Crippen LogP contribution in [0.3, 0.4) is 0 Å². The zero-order valence-electron chi connectivity index (χ0n) is 16.1. The molecule has 0 spiro atoms. The van der Waals surface area contributed by atoms with Crippen LogP contribution in [-0.2, 0) is 9.31 Å². The van der Waals surface area contributed by atoms with E-state index < -0.39 is 0 Å². The summed E-state index contributed by atoms with van der Waals surface area (Å²) in [6.07, 6.45) is 5.28. The van der Waals surface area contributed by atoms with E-state index in [1.165, 1.54) is 12.8 Å². The van der Waals surface area contributed by atoms with Crippen LogP contribution in [0.5, 0.6) is 5.75 Å². The minimum Gasteiger partial charge on any atom is -0.490 e. The Morgan fingerprint density at radius 2 is 1.48 bits per heavy atom. The van der Waals surface area contributed by atoms with Gasteiger partial charge < -0.3 is 18.9 Å². The van der Waals surface area contributed by atoms with Gasteiger partial charge in [0.05, 0.1) is 11.2 Å². The molecule has 3 atom stereocenters. The molecule has 3 fully saturated rings. The van der Waals surface area contributed by atoms with E-state index in [9.17, 15) is 0 Å². The predicted molar refractivity (Wildman–Crippen MR) is 100 cm³/mol. The van der Waals surface area contributed by atoms with Crippen molar-refractivity contribution in [3.63, 3.8) is 0 Å². The van der Waals surface area contributed by atoms with Gasteiger partial charge in [0.25, 0.3) is 0 Å². The first kappa shape index (κ1) is 17.4. The first-order chi connectivity index (χ1) is 11.7. The van der Waals surface area contributed by atoms with E-state index in [1.54, 1.807) is 0 Å². The Labute approximate surface area is 152 Å². The number of fused-ring (bicyclic) bond motifs is 2. The van der Waals surface area contributed by atoms with Crippen LogP contribution in [0.25, 0.3) is 0 Å². The van der Waals surface area contributed by atoms with E-state index in [-0.39, 0.29) is 18.3 Å². The number of hydrogen-bond acceptors (Lipinski definition) is 4. The molecule has 5 heteroatoms. The Morgan fingerprint density at radius 1 is 0.960 bits per heavy atom. The van der Waals surface area contributed by atoms with Crippen LogP contribution in [0.2, 0.25) is 0 Å². The number of nitrogens with zero attached hydrogens (tertiary/aromatic N) is 1. The van der Waals surface area contributed by atoms with E-state index in [2.05, 4.69) is 63.9 Å². The summed E-state index contributed by atoms with van der Waals surface area (Å²) >= 11 is 0. The van der Waals surface area contributed by atoms with Gasteiger partial charge in [-0.2, -0.15) is 0 Å². The second-order valence-corrected chi connectivity index (χ2v) is 8.92. The van der Waals surface area contributed by atoms with Crippen LogP contribution < -0.4 is 10.2 Å². The maximum absolute atomic E-state index is 6.28. The lowest BCUT2D eigenvalue weighted by molar-refractivity contribution is 0.00578. The molecule has 0 amide bonds. The van der Waals surface area contributed by atoms with Crippen LogP contribution in [0, 0.1) is 0 Å². The molecule has 1 aromatic carbocycles. The smallest absolute Gasteiger partial charge is 0.490 e. The molecule has 0 unspecified atom stereocenters. The zero-order valence-corrected chi connectivity index (χ0v) is 16.1. The van der Waals surface area contributed by atoms with E-state index >= 15 is 0 Å². The molecule has 0 radical (unpaired) electrons. The number of ether oxygens (including phenoxy) is 1. The molecule has 3 aliphatic rings. The van der Waals surface area contributed by atoms with E-state index in [0.717, 1.165) is 24.1 Å². The molecular weight excluding hydrogens is 313 g/mol. The van der Waals surface area contributed by atoms with Gasteiger partial charge in [0, 0.05) is 12.1 Å². The van der Waals surface area contributed by atoms with Gasteiger partial charge in [0.15, 0.2) is 0 Å². The first-order valence-corrected chi connectivity index (χ1v) is 9.59. The molecule has 0 saturated carbocycles. The Balaban J connectivity index is 1.40. The fourth-order valence-electron chi connectivity index (χ4n) is 4.33. The van der Waals surface area contributed by atoms with Crippen molar-refractivity contribution in [2.45, 2.75) is 82.8 Å². The number of benzene rings is 1. The van der Waals surface area contributed by atoms with Crippen LogP contribution in [0.4, 0.5) is 0 Å². The highest BCUT2D eigenvalue weighted by Gasteiger charge is 2.51. The van der Waals surface area contributed by atoms with Crippen molar-refractivity contribution in [2.75, 3.05) is 7.05 Å². The minimum absolute atomic E-state index is 0.305. The maximum Gasteiger partial charge on any atom is 0.494 e. The van der Waals surface area contributed by atoms with E-state index in [4.69, 9.17) is 14.0 Å². The number of piperidine rings is 1. The molecule has 25 heavy (non-hydrogen) atoms. The van der Waals surface area contributed by atoms with Crippen molar-refractivity contribution in [2.24, 2.45) is 0 Å². The maximum atomic E-state index is 6.28. The molecule has 4 nitrogen and oxygen atoms in total. The third-order valence-corrected chi connectivity index (χ3v) is 6.76. The fraction of sp³-hybridized carbons (Fsp3) is 0.700. The summed E-state index contributed by atoms with van der Waals surface area (Å²) in [5, 5.41) is 0. The van der Waals surface area contributed by atoms with Crippen LogP contribution >= 0.6 is 0 Å². The molecule has 0 N–H and O–H groups in total. The van der Waals surface area contributed by atoms with Gasteiger partial charge in [-0.15, -0.1) is 0 Å². The third-order valence-electron chi connectivity index (χ3n) is 6.76. The minimum atomic E-state index is -0.307. The summed E-state index contributed by atoms with van der Waals surface area (Å²) in [5.41, 5.74) is 0.440. The topological polar surface area (TPSA) is 30.9 Å². The molecule has 3 aliphatic heterocycles. The average Bonchev–Trinajstić information content (AvgIpc) is 2.88. The molecule has 0 aromatic heterocycles. The first-order valence-electron chi connectivity index (χ1n) is 9.59. The summed E-state index contributed by atoms with van der Waals surface area (Å²) in [6, 6.07) is 9.66. The van der Waals surface area contributed by atoms with Gasteiger partial charge in [0.1, 0.15) is 11.9 Å². The van der Waals surface area contributed by atoms with Crippen molar-refractivity contribution in [1.82, 2.24) is 4.90 Å². The molecule has 0 aliphatic carbocycles. The monoisotopic (exact) mass is 343 g/mol. The molecule has 2 bridgehead atoms. The highest BCUT2D eigenvalue weighted by Crippen LogP contribution is 2.37. The average molecular weight is 343 g/mol. The largest absolute Gasteiger partial charge is 0.494 e. The number of rotatable bonds is 3. The fourth-order valence-corrected chi connectivity index (χ4v) is 4.33. The number of hydrogen-bond donors (Lipinski definition) is 0. The highest BCUT2D eigenvalue weighted by molar-refractivity contribution is 6.62. The zero-order chi connectivity index (χ0) is 17.8. The van der Waals surface area contributed by atoms with E-state index in [1.807, 2.05) is 0 Å². The second-order valence-electron chi connectivity index (χ2n) is 8.92. The molecule has 3 saturated heterocycles. The molecule has 3 heterocycles. The lowest BCUT2D eigenvalue weighted by Crippen LogP contribution is -2.43. The van der Waals surface area contributed by atoms with Crippen molar-refractivity contribution in [1.29, 1.82) is 0 Å². The van der Waals surface area contributed by atoms with Crippen molar-refractivity contribution in [3.05, 3.63) is 24.3 Å². The summed E-state index contributed by atoms with van der Waals surface area (Å²) in [6.45, 7) is 8.33. The highest BCUT2D eigenvalue weighted by atomic mass is 16.7. The van der Waals surface area contributed by atoms with Crippen molar-refractivity contribution < 1.29 is 14.0 Å². The van der Waals surface area contributed by atoms with Gasteiger partial charge in [-0.25, -0.2) is 0 Å². The predicted octanol–water partition coefficient (Wildman–Crippen LogP) is 2.99. The summed E-state index contributed by atoms with van der Waals surface area (Å²) in [4.78, 5) is 2.54. The Morgan fingerprint density at radius 3 is 2.00 bits per heavy atom. The van der Waals surface area contributed by atoms with Crippen LogP contribution in [-0.4, -0.2) is 48.5 Å². The Kier molecular flexibility index (Phi) is 4.17. The quantitative estimate of drug-likeness (QED) is 0.790. The van der Waals surface area contributed by atoms with Crippen LogP contribution in [0.1, 0.15) is 53.4 Å². The second kappa shape index (κ2) is 6.00. The summed E-state index contributed by atoms with van der Waals surface area (Å²) in [5.74, 6) is 0.953. The molecular formula is C20H30BNO3. The normalized spacial score (nSPS) is 33.6. The van der Waals surface area contributed by atoms with Gasteiger partial charge in [-0.3, -0.25) is 0 Å². The van der Waals surface area contributed by atoms with Gasteiger partial charge in [0.2, 0.25) is 0 Å². The molecule has 1 aromatic rings. The van der Waals surface area contributed by atoms with Crippen LogP contribution in [0.15, 0.2) is 24.3 Å². The van der Waals surface area contributed by atoms with Gasteiger partial charge in [-0.1, -0.05) is 12.1 Å². The summed E-state index contributed by atoms with van der Waals surface area (Å²) in [7, 11) is 1.95. The Bertz CT molecular complexity index is 600. The lowest BCUT2D eigenvalue weighted by atomic mass is 9.79. The van der Waals surface area contributed by atoms with Crippen molar-refractivity contribution in [3.8, 4) is 5.75 Å².